The summed E-state index contributed by atoms with van der Waals surface area (Å²) in [5, 5.41) is 11.8. The SMILES string of the molecule is OCCC1CC(NCC(F)(F)F)CN(CC2CCCC2)C1. The summed E-state index contributed by atoms with van der Waals surface area (Å²) < 4.78 is 37.1. The van der Waals surface area contributed by atoms with Crippen molar-refractivity contribution < 1.29 is 18.3 Å². The Labute approximate surface area is 124 Å². The molecule has 0 aromatic carbocycles. The Bertz CT molecular complexity index is 306. The van der Waals surface area contributed by atoms with Crippen LogP contribution in [0.4, 0.5) is 13.2 Å². The fourth-order valence-corrected chi connectivity index (χ4v) is 3.81. The molecule has 2 atom stereocenters. The standard InChI is InChI=1S/C15H27F3N2O/c16-15(17,18)11-19-14-7-13(5-6-21)9-20(10-14)8-12-3-1-2-4-12/h12-14,19,21H,1-11H2. The van der Waals surface area contributed by atoms with E-state index < -0.39 is 12.7 Å². The minimum Gasteiger partial charge on any atom is -0.396 e. The van der Waals surface area contributed by atoms with Crippen molar-refractivity contribution in [2.24, 2.45) is 11.8 Å². The van der Waals surface area contributed by atoms with Crippen LogP contribution in [0.5, 0.6) is 0 Å². The molecule has 1 heterocycles. The number of halogens is 3. The minimum absolute atomic E-state index is 0.113. The van der Waals surface area contributed by atoms with Gasteiger partial charge in [-0.1, -0.05) is 12.8 Å². The Morgan fingerprint density at radius 2 is 1.81 bits per heavy atom. The van der Waals surface area contributed by atoms with Crippen molar-refractivity contribution in [1.82, 2.24) is 10.2 Å². The maximum atomic E-state index is 12.4. The Hall–Kier alpha value is -0.330. The molecule has 1 saturated heterocycles. The van der Waals surface area contributed by atoms with Crippen LogP contribution in [-0.4, -0.2) is 55.0 Å². The van der Waals surface area contributed by atoms with Crippen LogP contribution < -0.4 is 5.32 Å². The smallest absolute Gasteiger partial charge is 0.396 e. The number of nitrogens with zero attached hydrogens (tertiary/aromatic N) is 1. The van der Waals surface area contributed by atoms with E-state index >= 15 is 0 Å². The average Bonchev–Trinajstić information content (AvgIpc) is 2.89. The molecule has 2 fully saturated rings. The van der Waals surface area contributed by atoms with Gasteiger partial charge in [-0.2, -0.15) is 13.2 Å². The van der Waals surface area contributed by atoms with Gasteiger partial charge in [0.25, 0.3) is 0 Å². The Morgan fingerprint density at radius 1 is 1.10 bits per heavy atom. The van der Waals surface area contributed by atoms with E-state index in [0.29, 0.717) is 24.8 Å². The van der Waals surface area contributed by atoms with Crippen LogP contribution in [0.15, 0.2) is 0 Å². The molecule has 0 spiro atoms. The second kappa shape index (κ2) is 7.79. The number of nitrogens with one attached hydrogen (secondary N) is 1. The lowest BCUT2D eigenvalue weighted by atomic mass is 9.90. The molecule has 124 valence electrons. The second-order valence-electron chi connectivity index (χ2n) is 6.68. The van der Waals surface area contributed by atoms with Gasteiger partial charge in [-0.25, -0.2) is 0 Å². The third-order valence-electron chi connectivity index (χ3n) is 4.73. The van der Waals surface area contributed by atoms with Gasteiger partial charge in [-0.05, 0) is 37.5 Å². The number of aliphatic hydroxyl groups is 1. The monoisotopic (exact) mass is 308 g/mol. The molecular weight excluding hydrogens is 281 g/mol. The first-order valence-corrected chi connectivity index (χ1v) is 8.09. The van der Waals surface area contributed by atoms with Gasteiger partial charge in [-0.15, -0.1) is 0 Å². The molecule has 1 saturated carbocycles. The van der Waals surface area contributed by atoms with Gasteiger partial charge >= 0.3 is 6.18 Å². The minimum atomic E-state index is -4.15. The third kappa shape index (κ3) is 6.12. The van der Waals surface area contributed by atoms with Gasteiger partial charge in [0.2, 0.25) is 0 Å². The maximum Gasteiger partial charge on any atom is 0.401 e. The number of alkyl halides is 3. The Morgan fingerprint density at radius 3 is 2.43 bits per heavy atom. The van der Waals surface area contributed by atoms with Crippen molar-refractivity contribution in [3.8, 4) is 0 Å². The topological polar surface area (TPSA) is 35.5 Å². The van der Waals surface area contributed by atoms with Crippen molar-refractivity contribution in [3.05, 3.63) is 0 Å². The van der Waals surface area contributed by atoms with E-state index in [-0.39, 0.29) is 12.6 Å². The van der Waals surface area contributed by atoms with E-state index in [2.05, 4.69) is 10.2 Å². The molecule has 6 heteroatoms. The lowest BCUT2D eigenvalue weighted by Crippen LogP contribution is -2.52. The van der Waals surface area contributed by atoms with Gasteiger partial charge in [0.05, 0.1) is 6.54 Å². The number of hydrogen-bond acceptors (Lipinski definition) is 3. The highest BCUT2D eigenvalue weighted by Crippen LogP contribution is 2.28. The van der Waals surface area contributed by atoms with Crippen LogP contribution in [0.25, 0.3) is 0 Å². The number of aliphatic hydroxyl groups excluding tert-OH is 1. The van der Waals surface area contributed by atoms with Gasteiger partial charge in [-0.3, -0.25) is 0 Å². The summed E-state index contributed by atoms with van der Waals surface area (Å²) in [5.74, 6) is 1.01. The van der Waals surface area contributed by atoms with Gasteiger partial charge in [0.15, 0.2) is 0 Å². The molecule has 0 aromatic heterocycles. The molecule has 2 rings (SSSR count). The molecule has 0 aromatic rings. The molecule has 1 aliphatic heterocycles. The average molecular weight is 308 g/mol. The molecule has 3 nitrogen and oxygen atoms in total. The van der Waals surface area contributed by atoms with Crippen molar-refractivity contribution in [2.45, 2.75) is 50.7 Å². The van der Waals surface area contributed by atoms with E-state index in [1.807, 2.05) is 0 Å². The van der Waals surface area contributed by atoms with Crippen LogP contribution in [0.1, 0.15) is 38.5 Å². The van der Waals surface area contributed by atoms with Crippen molar-refractivity contribution in [1.29, 1.82) is 0 Å². The molecule has 21 heavy (non-hydrogen) atoms. The summed E-state index contributed by atoms with van der Waals surface area (Å²) >= 11 is 0. The normalized spacial score (nSPS) is 29.1. The highest BCUT2D eigenvalue weighted by atomic mass is 19.4. The largest absolute Gasteiger partial charge is 0.401 e. The molecule has 2 unspecified atom stereocenters. The fourth-order valence-electron chi connectivity index (χ4n) is 3.81. The van der Waals surface area contributed by atoms with Crippen LogP contribution in [0, 0.1) is 11.8 Å². The summed E-state index contributed by atoms with van der Waals surface area (Å²) in [6.07, 6.45) is 2.34. The summed E-state index contributed by atoms with van der Waals surface area (Å²) in [7, 11) is 0. The van der Waals surface area contributed by atoms with Crippen molar-refractivity contribution >= 4 is 0 Å². The highest BCUT2D eigenvalue weighted by molar-refractivity contribution is 4.85. The van der Waals surface area contributed by atoms with Gasteiger partial charge in [0, 0.05) is 32.3 Å². The summed E-state index contributed by atoms with van der Waals surface area (Å²) in [4.78, 5) is 2.31. The summed E-state index contributed by atoms with van der Waals surface area (Å²) in [6.45, 7) is 1.83. The first kappa shape index (κ1) is 17.0. The second-order valence-corrected chi connectivity index (χ2v) is 6.68. The molecular formula is C15H27F3N2O. The predicted octanol–water partition coefficient (Wildman–Crippen LogP) is 2.40. The predicted molar refractivity (Wildman–Crippen MR) is 76.1 cm³/mol. The van der Waals surface area contributed by atoms with Gasteiger partial charge in [0.1, 0.15) is 0 Å². The molecule has 2 N–H and O–H groups in total. The Kier molecular flexibility index (Phi) is 6.32. The molecule has 2 aliphatic rings. The zero-order valence-electron chi connectivity index (χ0n) is 12.5. The van der Waals surface area contributed by atoms with Crippen LogP contribution >= 0.6 is 0 Å². The zero-order chi connectivity index (χ0) is 15.3. The highest BCUT2D eigenvalue weighted by Gasteiger charge is 2.32. The molecule has 0 bridgehead atoms. The van der Waals surface area contributed by atoms with E-state index in [9.17, 15) is 13.2 Å². The van der Waals surface area contributed by atoms with E-state index in [0.717, 1.165) is 19.5 Å². The zero-order valence-corrected chi connectivity index (χ0v) is 12.5. The first-order chi connectivity index (χ1) is 9.96. The quantitative estimate of drug-likeness (QED) is 0.791. The van der Waals surface area contributed by atoms with Crippen LogP contribution in [0.2, 0.25) is 0 Å². The lowest BCUT2D eigenvalue weighted by Gasteiger charge is -2.39. The first-order valence-electron chi connectivity index (χ1n) is 8.09. The van der Waals surface area contributed by atoms with Gasteiger partial charge < -0.3 is 15.3 Å². The summed E-state index contributed by atoms with van der Waals surface area (Å²) in [5.41, 5.74) is 0. The molecule has 0 amide bonds. The third-order valence-corrected chi connectivity index (χ3v) is 4.73. The molecule has 1 aliphatic carbocycles. The number of piperidine rings is 1. The van der Waals surface area contributed by atoms with Crippen LogP contribution in [0.3, 0.4) is 0 Å². The van der Waals surface area contributed by atoms with E-state index in [1.165, 1.54) is 25.7 Å². The van der Waals surface area contributed by atoms with Crippen LogP contribution in [-0.2, 0) is 0 Å². The number of hydrogen-bond donors (Lipinski definition) is 2. The number of rotatable bonds is 6. The van der Waals surface area contributed by atoms with Crippen molar-refractivity contribution in [3.63, 3.8) is 0 Å². The van der Waals surface area contributed by atoms with E-state index in [4.69, 9.17) is 5.11 Å². The molecule has 0 radical (unpaired) electrons. The number of likely N-dealkylation sites (tertiary alicyclic amines) is 1. The van der Waals surface area contributed by atoms with Crippen molar-refractivity contribution in [2.75, 3.05) is 32.8 Å². The maximum absolute atomic E-state index is 12.4. The summed E-state index contributed by atoms with van der Waals surface area (Å²) in [6, 6.07) is -0.113. The Balaban J connectivity index is 1.84. The lowest BCUT2D eigenvalue weighted by molar-refractivity contribution is -0.127. The van der Waals surface area contributed by atoms with E-state index in [1.54, 1.807) is 0 Å². The fraction of sp³-hybridized carbons (Fsp3) is 1.00.